The van der Waals surface area contributed by atoms with Gasteiger partial charge in [0.05, 0.1) is 30.1 Å². The molecule has 230 valence electrons. The monoisotopic (exact) mass is 649 g/mol. The summed E-state index contributed by atoms with van der Waals surface area (Å²) < 4.78 is 14.0. The molecule has 0 unspecified atom stereocenters. The number of alkyl halides is 1. The van der Waals surface area contributed by atoms with Crippen LogP contribution in [0.25, 0.3) is 0 Å². The van der Waals surface area contributed by atoms with Crippen molar-refractivity contribution in [3.8, 4) is 0 Å². The maximum Gasteiger partial charge on any atom is 0.227 e. The van der Waals surface area contributed by atoms with Crippen molar-refractivity contribution in [1.82, 2.24) is 24.9 Å². The Labute approximate surface area is 264 Å². The molecule has 2 aliphatic heterocycles. The first-order valence-electron chi connectivity index (χ1n) is 14.1. The fraction of sp³-hybridized carbons (Fsp3) is 0.500. The van der Waals surface area contributed by atoms with Crippen LogP contribution in [0.15, 0.2) is 46.8 Å². The number of aliphatic hydroxyl groups excluding tert-OH is 1. The van der Waals surface area contributed by atoms with Gasteiger partial charge in [-0.1, -0.05) is 30.3 Å². The lowest BCUT2D eigenvalue weighted by Crippen LogP contribution is -2.48. The highest BCUT2D eigenvalue weighted by molar-refractivity contribution is 7.99. The number of pyridine rings is 1. The number of nitrogens with two attached hydrogens (primary N) is 1. The van der Waals surface area contributed by atoms with Crippen molar-refractivity contribution in [2.45, 2.75) is 60.8 Å². The Morgan fingerprint density at radius 1 is 1.12 bits per heavy atom. The number of nitrogens with one attached hydrogen (secondary N) is 1. The number of hydrogen-bond donors (Lipinski definition) is 3. The molecule has 4 atom stereocenters. The number of nitrogens with zero attached hydrogens (tertiary/aromatic N) is 7. The first-order valence-corrected chi connectivity index (χ1v) is 15.3. The van der Waals surface area contributed by atoms with Gasteiger partial charge in [-0.25, -0.2) is 24.3 Å². The molecule has 6 rings (SSSR count). The molecule has 2 saturated heterocycles. The number of aromatic nitrogens is 5. The van der Waals surface area contributed by atoms with Crippen molar-refractivity contribution in [3.63, 3.8) is 0 Å². The van der Waals surface area contributed by atoms with Crippen molar-refractivity contribution in [2.24, 2.45) is 17.1 Å². The van der Waals surface area contributed by atoms with E-state index in [1.165, 1.54) is 11.8 Å². The minimum absolute atomic E-state index is 0. The van der Waals surface area contributed by atoms with Crippen molar-refractivity contribution >= 4 is 65.0 Å². The molecule has 5 heterocycles. The van der Waals surface area contributed by atoms with Gasteiger partial charge in [-0.05, 0) is 36.8 Å². The van der Waals surface area contributed by atoms with Crippen LogP contribution in [-0.2, 0) is 4.79 Å². The molecule has 4 N–H and O–H groups in total. The quantitative estimate of drug-likeness (QED) is 0.354. The van der Waals surface area contributed by atoms with E-state index in [-0.39, 0.29) is 42.1 Å². The molecule has 0 bridgehead atoms. The molecule has 3 fully saturated rings. The summed E-state index contributed by atoms with van der Waals surface area (Å²) in [6.07, 6.45) is 7.04. The van der Waals surface area contributed by atoms with Gasteiger partial charge in [-0.15, -0.1) is 12.4 Å². The fourth-order valence-electron chi connectivity index (χ4n) is 6.04. The summed E-state index contributed by atoms with van der Waals surface area (Å²) in [6.45, 7) is 4.02. The van der Waals surface area contributed by atoms with Gasteiger partial charge in [0.15, 0.2) is 5.82 Å². The first-order chi connectivity index (χ1) is 20.2. The Balaban J connectivity index is 0.00000368. The summed E-state index contributed by atoms with van der Waals surface area (Å²) in [6, 6.07) is 3.40. The largest absolute Gasteiger partial charge is 0.390 e. The highest BCUT2D eigenvalue weighted by Crippen LogP contribution is 2.46. The van der Waals surface area contributed by atoms with Gasteiger partial charge in [-0.3, -0.25) is 4.79 Å². The molecular formula is C28H34Cl2FN9O2S. The van der Waals surface area contributed by atoms with Gasteiger partial charge >= 0.3 is 0 Å². The second kappa shape index (κ2) is 13.0. The number of rotatable bonds is 6. The fourth-order valence-corrected chi connectivity index (χ4v) is 7.07. The van der Waals surface area contributed by atoms with Crippen LogP contribution in [0.4, 0.5) is 27.8 Å². The zero-order valence-electron chi connectivity index (χ0n) is 23.6. The van der Waals surface area contributed by atoms with Gasteiger partial charge < -0.3 is 26.0 Å². The van der Waals surface area contributed by atoms with Crippen molar-refractivity contribution in [2.75, 3.05) is 41.3 Å². The van der Waals surface area contributed by atoms with Crippen molar-refractivity contribution in [3.05, 3.63) is 41.9 Å². The Morgan fingerprint density at radius 2 is 1.88 bits per heavy atom. The highest BCUT2D eigenvalue weighted by atomic mass is 35.5. The van der Waals surface area contributed by atoms with E-state index in [1.54, 1.807) is 41.8 Å². The number of aliphatic hydroxyl groups is 1. The minimum atomic E-state index is -1.35. The van der Waals surface area contributed by atoms with E-state index in [1.807, 2.05) is 6.92 Å². The van der Waals surface area contributed by atoms with Crippen molar-refractivity contribution in [1.29, 1.82) is 0 Å². The average Bonchev–Trinajstić information content (AvgIpc) is 3.20. The Kier molecular flexibility index (Phi) is 9.57. The smallest absolute Gasteiger partial charge is 0.227 e. The zero-order valence-corrected chi connectivity index (χ0v) is 26.0. The standard InChI is InChI=1S/C28H33ClFN9O2S.ClH/c1-16-19(41)12-28(25(16)31)5-10-38(11-6-28)22-13-35-23(14-34-22)42-20-2-7-32-26(24(20)29)36-21-3-8-33-27(37-21)39-9-4-18(40)17(30)15-39;/h2-3,7-8,13-14,16-18,25,40H,4-6,9-12,15,31H2,1H3,(H,32,33,36,37);1H/t16-,17+,18+,25+;/m1./s1. The predicted octanol–water partition coefficient (Wildman–Crippen LogP) is 4.06. The minimum Gasteiger partial charge on any atom is -0.390 e. The molecule has 43 heavy (non-hydrogen) atoms. The first kappa shape index (κ1) is 31.6. The Morgan fingerprint density at radius 3 is 2.56 bits per heavy atom. The normalized spacial score (nSPS) is 25.1. The van der Waals surface area contributed by atoms with E-state index in [0.29, 0.717) is 47.0 Å². The summed E-state index contributed by atoms with van der Waals surface area (Å²) in [5, 5.41) is 13.9. The molecule has 0 radical (unpaired) electrons. The summed E-state index contributed by atoms with van der Waals surface area (Å²) in [7, 11) is 0. The third-order valence-corrected chi connectivity index (χ3v) is 10.2. The van der Waals surface area contributed by atoms with Gasteiger partial charge in [-0.2, -0.15) is 4.98 Å². The number of carbonyl (C=O) groups excluding carboxylic acids is 1. The lowest BCUT2D eigenvalue weighted by Gasteiger charge is -2.42. The summed E-state index contributed by atoms with van der Waals surface area (Å²) in [5.41, 5.74) is 6.35. The van der Waals surface area contributed by atoms with Crippen molar-refractivity contribution < 1.29 is 14.3 Å². The molecular weight excluding hydrogens is 616 g/mol. The van der Waals surface area contributed by atoms with Gasteiger partial charge in [0.2, 0.25) is 5.95 Å². The molecule has 3 aliphatic rings. The molecule has 1 spiro atoms. The lowest BCUT2D eigenvalue weighted by molar-refractivity contribution is -0.120. The van der Waals surface area contributed by atoms with Gasteiger partial charge in [0, 0.05) is 55.3 Å². The van der Waals surface area contributed by atoms with Crippen LogP contribution in [0.2, 0.25) is 5.02 Å². The van der Waals surface area contributed by atoms with Crippen LogP contribution in [0, 0.1) is 11.3 Å². The number of hydrogen-bond acceptors (Lipinski definition) is 12. The maximum absolute atomic E-state index is 14.0. The van der Waals surface area contributed by atoms with Gasteiger partial charge in [0.1, 0.15) is 28.6 Å². The number of carbonyl (C=O) groups is 1. The van der Waals surface area contributed by atoms with E-state index in [9.17, 15) is 14.3 Å². The molecule has 3 aromatic heterocycles. The van der Waals surface area contributed by atoms with Crippen LogP contribution in [-0.4, -0.2) is 80.3 Å². The molecule has 3 aromatic rings. The SMILES string of the molecule is C[C@@H]1C(=O)CC2(CCN(c3cnc(Sc4ccnc(Nc5ccnc(N6CC[C@H](O)[C@@H](F)C6)n5)c4Cl)cn3)CC2)[C@H]1N.Cl. The lowest BCUT2D eigenvalue weighted by atomic mass is 9.73. The van der Waals surface area contributed by atoms with Crippen LogP contribution >= 0.6 is 35.8 Å². The number of piperidine rings is 2. The van der Waals surface area contributed by atoms with E-state index in [4.69, 9.17) is 17.3 Å². The van der Waals surface area contributed by atoms with Gasteiger partial charge in [0.25, 0.3) is 0 Å². The average molecular weight is 651 g/mol. The van der Waals surface area contributed by atoms with E-state index in [2.05, 4.69) is 35.1 Å². The molecule has 0 amide bonds. The number of halogens is 3. The highest BCUT2D eigenvalue weighted by Gasteiger charge is 2.50. The summed E-state index contributed by atoms with van der Waals surface area (Å²) >= 11 is 8.08. The zero-order chi connectivity index (χ0) is 29.4. The summed E-state index contributed by atoms with van der Waals surface area (Å²) in [4.78, 5) is 39.3. The van der Waals surface area contributed by atoms with E-state index < -0.39 is 12.3 Å². The second-order valence-electron chi connectivity index (χ2n) is 11.3. The molecule has 15 heteroatoms. The Bertz CT molecular complexity index is 1450. The Hall–Kier alpha value is -2.84. The van der Waals surface area contributed by atoms with Crippen LogP contribution < -0.4 is 20.9 Å². The second-order valence-corrected chi connectivity index (χ2v) is 12.7. The number of Topliss-reactive ketones (excluding diaryl/α,β-unsaturated/α-hetero) is 1. The molecule has 0 aromatic carbocycles. The summed E-state index contributed by atoms with van der Waals surface area (Å²) in [5.74, 6) is 2.25. The maximum atomic E-state index is 14.0. The molecule has 1 aliphatic carbocycles. The third kappa shape index (κ3) is 6.51. The van der Waals surface area contributed by atoms with Crippen LogP contribution in [0.1, 0.15) is 32.6 Å². The number of anilines is 4. The molecule has 1 saturated carbocycles. The van der Waals surface area contributed by atoms with E-state index in [0.717, 1.165) is 36.6 Å². The van der Waals surface area contributed by atoms with Crippen LogP contribution in [0.3, 0.4) is 0 Å². The predicted molar refractivity (Wildman–Crippen MR) is 166 cm³/mol. The number of ketones is 1. The third-order valence-electron chi connectivity index (χ3n) is 8.73. The molecule has 11 nitrogen and oxygen atoms in total. The van der Waals surface area contributed by atoms with Crippen LogP contribution in [0.5, 0.6) is 0 Å². The topological polar surface area (TPSA) is 146 Å². The van der Waals surface area contributed by atoms with E-state index >= 15 is 0 Å².